The Morgan fingerprint density at radius 3 is 2.39 bits per heavy atom. The van der Waals surface area contributed by atoms with E-state index in [2.05, 4.69) is 54.6 Å². The van der Waals surface area contributed by atoms with Crippen LogP contribution in [0.5, 0.6) is 5.75 Å². The van der Waals surface area contributed by atoms with Crippen molar-refractivity contribution in [1.29, 1.82) is 0 Å². The quantitative estimate of drug-likeness (QED) is 0.320. The number of ether oxygens (including phenoxy) is 1. The van der Waals surface area contributed by atoms with Crippen LogP contribution in [-0.4, -0.2) is 19.3 Å². The molecule has 0 saturated carbocycles. The first kappa shape index (κ1) is 20.7. The second kappa shape index (κ2) is 7.91. The molecule has 4 nitrogen and oxygen atoms in total. The highest BCUT2D eigenvalue weighted by Crippen LogP contribution is 2.39. The molecule has 1 aromatic heterocycles. The first-order valence-electron chi connectivity index (χ1n) is 9.51. The van der Waals surface area contributed by atoms with Gasteiger partial charge in [-0.15, -0.1) is 0 Å². The number of benzene rings is 3. The van der Waals surface area contributed by atoms with Crippen molar-refractivity contribution in [3.05, 3.63) is 72.0 Å². The van der Waals surface area contributed by atoms with Gasteiger partial charge in [0.15, 0.2) is 0 Å². The second-order valence-electron chi connectivity index (χ2n) is 7.10. The van der Waals surface area contributed by atoms with Gasteiger partial charge in [-0.2, -0.15) is 13.2 Å². The topological polar surface area (TPSA) is 60.7 Å². The lowest BCUT2D eigenvalue weighted by molar-refractivity contribution is -0.344. The molecule has 158 valence electrons. The van der Waals surface area contributed by atoms with Gasteiger partial charge in [0.05, 0.1) is 29.9 Å². The van der Waals surface area contributed by atoms with Crippen molar-refractivity contribution in [2.75, 3.05) is 7.11 Å². The number of rotatable bonds is 1. The van der Waals surface area contributed by atoms with Crippen LogP contribution in [0.3, 0.4) is 0 Å². The molecule has 0 N–H and O–H groups in total. The Kier molecular flexibility index (Phi) is 5.27. The molecule has 1 aliphatic rings. The molecule has 0 spiro atoms. The number of fused-ring (bicyclic) bond motifs is 6. The van der Waals surface area contributed by atoms with Crippen LogP contribution < -0.4 is 9.84 Å². The van der Waals surface area contributed by atoms with Crippen LogP contribution in [-0.2, 0) is 17.6 Å². The van der Waals surface area contributed by atoms with Crippen LogP contribution in [0.15, 0.2) is 65.1 Å². The highest BCUT2D eigenvalue weighted by molar-refractivity contribution is 6.05. The lowest BCUT2D eigenvalue weighted by Crippen LogP contribution is -2.37. The summed E-state index contributed by atoms with van der Waals surface area (Å²) >= 11 is 0. The molecule has 0 bridgehead atoms. The van der Waals surface area contributed by atoms with E-state index in [0.717, 1.165) is 35.3 Å². The van der Waals surface area contributed by atoms with Crippen molar-refractivity contribution in [1.82, 2.24) is 0 Å². The molecule has 0 amide bonds. The van der Waals surface area contributed by atoms with Crippen LogP contribution in [0.1, 0.15) is 11.3 Å². The number of halogens is 3. The molecular formula is C24H17F3O4. The number of alkyl halides is 3. The van der Waals surface area contributed by atoms with Gasteiger partial charge in [-0.3, -0.25) is 0 Å². The Hall–Kier alpha value is -3.61. The minimum absolute atomic E-state index is 0.918. The summed E-state index contributed by atoms with van der Waals surface area (Å²) < 4.78 is 43.3. The molecule has 3 aromatic carbocycles. The van der Waals surface area contributed by atoms with Crippen molar-refractivity contribution < 1.29 is 32.2 Å². The maximum absolute atomic E-state index is 10.5. The largest absolute Gasteiger partial charge is 0.542 e. The van der Waals surface area contributed by atoms with E-state index in [4.69, 9.17) is 19.1 Å². The van der Waals surface area contributed by atoms with Crippen molar-refractivity contribution >= 4 is 27.7 Å². The highest BCUT2D eigenvalue weighted by atomic mass is 19.4. The van der Waals surface area contributed by atoms with Crippen LogP contribution in [0.4, 0.5) is 13.2 Å². The van der Waals surface area contributed by atoms with E-state index < -0.39 is 12.1 Å². The first-order chi connectivity index (χ1) is 14.8. The fourth-order valence-electron chi connectivity index (χ4n) is 3.73. The van der Waals surface area contributed by atoms with E-state index in [0.29, 0.717) is 0 Å². The zero-order valence-electron chi connectivity index (χ0n) is 16.5. The molecule has 0 atom stereocenters. The molecule has 0 aliphatic heterocycles. The Balaban J connectivity index is 0.000000289. The van der Waals surface area contributed by atoms with E-state index >= 15 is 0 Å². The summed E-state index contributed by atoms with van der Waals surface area (Å²) in [4.78, 5) is 8.78. The molecule has 1 heterocycles. The summed E-state index contributed by atoms with van der Waals surface area (Å²) in [6, 6.07) is 21.3. The fourth-order valence-corrected chi connectivity index (χ4v) is 3.73. The molecule has 0 radical (unpaired) electrons. The van der Waals surface area contributed by atoms with Crippen molar-refractivity contribution in [2.45, 2.75) is 19.0 Å². The van der Waals surface area contributed by atoms with E-state index in [-0.39, 0.29) is 0 Å². The molecular weight excluding hydrogens is 409 g/mol. The van der Waals surface area contributed by atoms with Crippen LogP contribution in [0.2, 0.25) is 0 Å². The summed E-state index contributed by atoms with van der Waals surface area (Å²) in [5.74, 6) is -1.01. The Morgan fingerprint density at radius 2 is 1.68 bits per heavy atom. The molecule has 31 heavy (non-hydrogen) atoms. The zero-order chi connectivity index (χ0) is 22.2. The number of hydrogen-bond donors (Lipinski definition) is 0. The number of hydrogen-bond acceptors (Lipinski definition) is 3. The Bertz CT molecular complexity index is 1300. The summed E-state index contributed by atoms with van der Waals surface area (Å²) in [7, 11) is 1.71. The normalized spacial score (nSPS) is 12.5. The minimum Gasteiger partial charge on any atom is -0.542 e. The number of carbonyl (C=O) groups is 1. The number of aryl methyl sites for hydroxylation is 2. The molecule has 0 fully saturated rings. The summed E-state index contributed by atoms with van der Waals surface area (Å²) in [6.45, 7) is 0. The Morgan fingerprint density at radius 1 is 0.968 bits per heavy atom. The maximum atomic E-state index is 10.5. The number of aliphatic carboxylic acids is 1. The minimum atomic E-state index is -5.19. The first-order valence-corrected chi connectivity index (χ1v) is 9.51. The van der Waals surface area contributed by atoms with Crippen LogP contribution in [0.25, 0.3) is 32.9 Å². The molecule has 1 aliphatic carbocycles. The van der Waals surface area contributed by atoms with Crippen molar-refractivity contribution in [3.63, 3.8) is 0 Å². The van der Waals surface area contributed by atoms with Gasteiger partial charge in [0, 0.05) is 0 Å². The third kappa shape index (κ3) is 4.03. The van der Waals surface area contributed by atoms with Gasteiger partial charge in [0.1, 0.15) is 11.7 Å². The predicted molar refractivity (Wildman–Crippen MR) is 109 cm³/mol. The van der Waals surface area contributed by atoms with Gasteiger partial charge in [0.25, 0.3) is 0 Å². The molecule has 5 rings (SSSR count). The number of carboxylic acids is 1. The fraction of sp³-hybridized carbons (Fsp3) is 0.167. The second-order valence-corrected chi connectivity index (χ2v) is 7.10. The molecule has 0 saturated heterocycles. The van der Waals surface area contributed by atoms with Gasteiger partial charge in [-0.05, 0) is 53.3 Å². The zero-order valence-corrected chi connectivity index (χ0v) is 16.5. The molecule has 4 aromatic rings. The van der Waals surface area contributed by atoms with Gasteiger partial charge in [-0.1, -0.05) is 30.3 Å². The summed E-state index contributed by atoms with van der Waals surface area (Å²) in [5, 5.41) is 12.3. The predicted octanol–water partition coefficient (Wildman–Crippen LogP) is 4.94. The van der Waals surface area contributed by atoms with E-state index in [1.54, 1.807) is 7.11 Å². The van der Waals surface area contributed by atoms with Gasteiger partial charge in [0.2, 0.25) is 0 Å². The standard InChI is InChI=1S/C22H17O2.C2HF3O2/c1-23-17-9-10-18-15(12-17)8-11-21-20(18)13-16-7-6-14-4-2-3-5-19(14)22(16)24-21;3-2(4,5)1(6)7/h2-7,9-10,12-13H,8,11H2,1H3;(H,6,7)/q+1;/p-1. The van der Waals surface area contributed by atoms with Gasteiger partial charge >= 0.3 is 17.5 Å². The Labute approximate surface area is 175 Å². The van der Waals surface area contributed by atoms with E-state index in [1.165, 1.54) is 27.5 Å². The SMILES string of the molecule is COc1ccc2c(c1)CCc1[o+]c3c(ccc4ccccc43)cc1-2.O=C([O-])C(F)(F)F. The third-order valence-electron chi connectivity index (χ3n) is 5.19. The van der Waals surface area contributed by atoms with Crippen LogP contribution >= 0.6 is 0 Å². The van der Waals surface area contributed by atoms with Gasteiger partial charge in [-0.25, -0.2) is 4.42 Å². The monoisotopic (exact) mass is 426 g/mol. The average molecular weight is 426 g/mol. The van der Waals surface area contributed by atoms with Gasteiger partial charge < -0.3 is 14.6 Å². The highest BCUT2D eigenvalue weighted by Gasteiger charge is 2.29. The number of carbonyl (C=O) groups excluding carboxylic acids is 1. The summed E-state index contributed by atoms with van der Waals surface area (Å²) in [5.41, 5.74) is 4.79. The van der Waals surface area contributed by atoms with E-state index in [9.17, 15) is 13.2 Å². The van der Waals surface area contributed by atoms with Crippen molar-refractivity contribution in [3.8, 4) is 16.9 Å². The van der Waals surface area contributed by atoms with E-state index in [1.807, 2.05) is 6.07 Å². The molecule has 0 unspecified atom stereocenters. The average Bonchev–Trinajstić information content (AvgIpc) is 2.77. The lowest BCUT2D eigenvalue weighted by atomic mass is 9.88. The maximum Gasteiger partial charge on any atom is 0.430 e. The molecule has 7 heteroatoms. The van der Waals surface area contributed by atoms with Crippen molar-refractivity contribution in [2.24, 2.45) is 0 Å². The number of methoxy groups -OCH3 is 1. The van der Waals surface area contributed by atoms with Crippen LogP contribution in [0, 0.1) is 0 Å². The number of carboxylic acid groups (broad SMARTS) is 1. The lowest BCUT2D eigenvalue weighted by Gasteiger charge is -2.15. The third-order valence-corrected chi connectivity index (χ3v) is 5.19. The smallest absolute Gasteiger partial charge is 0.430 e. The summed E-state index contributed by atoms with van der Waals surface area (Å²) in [6.07, 6.45) is -3.28.